The summed E-state index contributed by atoms with van der Waals surface area (Å²) in [7, 11) is 0. The van der Waals surface area contributed by atoms with Crippen molar-refractivity contribution in [1.82, 2.24) is 4.98 Å². The second-order valence-electron chi connectivity index (χ2n) is 9.65. The lowest BCUT2D eigenvalue weighted by Gasteiger charge is -2.31. The van der Waals surface area contributed by atoms with E-state index in [2.05, 4.69) is 20.9 Å². The molecular formula is C27H15BrF11N3O4. The molecule has 1 heterocycles. The van der Waals surface area contributed by atoms with E-state index in [4.69, 9.17) is 4.84 Å². The Hall–Kier alpha value is -4.29. The van der Waals surface area contributed by atoms with E-state index in [0.29, 0.717) is 18.9 Å². The van der Waals surface area contributed by atoms with Crippen LogP contribution in [0.3, 0.4) is 0 Å². The van der Waals surface area contributed by atoms with E-state index in [1.807, 2.05) is 0 Å². The molecule has 3 aromatic rings. The maximum absolute atomic E-state index is 15.7. The van der Waals surface area contributed by atoms with Gasteiger partial charge in [0, 0.05) is 22.4 Å². The van der Waals surface area contributed by atoms with Crippen LogP contribution in [0.4, 0.5) is 59.7 Å². The van der Waals surface area contributed by atoms with E-state index in [1.54, 1.807) is 5.32 Å². The summed E-state index contributed by atoms with van der Waals surface area (Å²) < 4.78 is 150. The SMILES string of the molecule is O=C(Nc1c(Br)cc(C(F)(C(F)(F)F)C(F)(F)F)cc1C(F)(F)F)c1cccc(N(OC(=O)C2CC2)C(=O)c2cccnc2)c1F. The molecule has 0 bridgehead atoms. The van der Waals surface area contributed by atoms with Crippen LogP contribution in [0.2, 0.25) is 0 Å². The largest absolute Gasteiger partial charge is 0.435 e. The molecule has 1 aliphatic carbocycles. The van der Waals surface area contributed by atoms with Gasteiger partial charge in [-0.1, -0.05) is 6.07 Å². The minimum absolute atomic E-state index is 0.185. The van der Waals surface area contributed by atoms with Crippen molar-refractivity contribution in [3.63, 3.8) is 0 Å². The van der Waals surface area contributed by atoms with Crippen LogP contribution in [0, 0.1) is 11.7 Å². The highest BCUT2D eigenvalue weighted by Crippen LogP contribution is 2.55. The molecule has 1 fully saturated rings. The van der Waals surface area contributed by atoms with Crippen LogP contribution >= 0.6 is 15.9 Å². The highest BCUT2D eigenvalue weighted by molar-refractivity contribution is 9.10. The number of carbonyl (C=O) groups is 3. The molecular weight excluding hydrogens is 719 g/mol. The third-order valence-corrected chi connectivity index (χ3v) is 7.07. The number of alkyl halides is 10. The van der Waals surface area contributed by atoms with Gasteiger partial charge in [-0.15, -0.1) is 5.06 Å². The summed E-state index contributed by atoms with van der Waals surface area (Å²) in [5, 5.41) is 1.73. The number of amides is 2. The van der Waals surface area contributed by atoms with Gasteiger partial charge in [-0.3, -0.25) is 14.6 Å². The molecule has 0 radical (unpaired) electrons. The van der Waals surface area contributed by atoms with E-state index < -0.39 is 92.3 Å². The summed E-state index contributed by atoms with van der Waals surface area (Å²) in [6, 6.07) is 3.94. The molecule has 1 aromatic heterocycles. The zero-order valence-electron chi connectivity index (χ0n) is 22.3. The van der Waals surface area contributed by atoms with Crippen molar-refractivity contribution in [1.29, 1.82) is 0 Å². The van der Waals surface area contributed by atoms with Gasteiger partial charge < -0.3 is 10.2 Å². The Bertz CT molecular complexity index is 1660. The van der Waals surface area contributed by atoms with Crippen LogP contribution in [-0.4, -0.2) is 35.1 Å². The maximum Gasteiger partial charge on any atom is 0.435 e. The first-order valence-corrected chi connectivity index (χ1v) is 13.3. The number of hydrogen-bond acceptors (Lipinski definition) is 5. The van der Waals surface area contributed by atoms with Crippen molar-refractivity contribution in [2.24, 2.45) is 5.92 Å². The Labute approximate surface area is 258 Å². The van der Waals surface area contributed by atoms with Crippen LogP contribution in [0.5, 0.6) is 0 Å². The number of carbonyl (C=O) groups excluding carboxylic acids is 3. The molecule has 19 heteroatoms. The molecule has 1 N–H and O–H groups in total. The quantitative estimate of drug-likeness (QED) is 0.205. The van der Waals surface area contributed by atoms with Crippen molar-refractivity contribution in [2.45, 2.75) is 37.0 Å². The molecule has 0 saturated heterocycles. The van der Waals surface area contributed by atoms with Crippen LogP contribution < -0.4 is 10.4 Å². The normalized spacial score (nSPS) is 14.1. The maximum atomic E-state index is 15.7. The van der Waals surface area contributed by atoms with Gasteiger partial charge in [-0.2, -0.15) is 39.5 Å². The zero-order chi connectivity index (χ0) is 34.4. The minimum Gasteiger partial charge on any atom is -0.332 e. The lowest BCUT2D eigenvalue weighted by molar-refractivity contribution is -0.348. The number of anilines is 2. The average Bonchev–Trinajstić information content (AvgIpc) is 3.81. The lowest BCUT2D eigenvalue weighted by atomic mass is 9.92. The molecule has 0 aliphatic heterocycles. The van der Waals surface area contributed by atoms with Crippen LogP contribution in [0.25, 0.3) is 0 Å². The summed E-state index contributed by atoms with van der Waals surface area (Å²) in [4.78, 5) is 47.3. The van der Waals surface area contributed by atoms with E-state index in [0.717, 1.165) is 18.3 Å². The average molecular weight is 734 g/mol. The molecule has 0 unspecified atom stereocenters. The number of halogens is 12. The smallest absolute Gasteiger partial charge is 0.332 e. The summed E-state index contributed by atoms with van der Waals surface area (Å²) in [5.74, 6) is -6.12. The third-order valence-electron chi connectivity index (χ3n) is 6.44. The molecule has 2 amide bonds. The minimum atomic E-state index is -6.76. The number of benzene rings is 2. The predicted octanol–water partition coefficient (Wildman–Crippen LogP) is 8.06. The van der Waals surface area contributed by atoms with Crippen molar-refractivity contribution in [3.8, 4) is 0 Å². The number of nitrogens with one attached hydrogen (secondary N) is 1. The van der Waals surface area contributed by atoms with Gasteiger partial charge in [0.25, 0.3) is 11.8 Å². The van der Waals surface area contributed by atoms with Gasteiger partial charge in [0.2, 0.25) is 0 Å². The molecule has 0 atom stereocenters. The number of pyridine rings is 1. The van der Waals surface area contributed by atoms with Gasteiger partial charge in [-0.05, 0) is 65.2 Å². The fourth-order valence-electron chi connectivity index (χ4n) is 3.97. The monoisotopic (exact) mass is 733 g/mol. The first kappa shape index (κ1) is 34.6. The number of aromatic nitrogens is 1. The van der Waals surface area contributed by atoms with Crippen LogP contribution in [-0.2, 0) is 21.5 Å². The third kappa shape index (κ3) is 6.63. The van der Waals surface area contributed by atoms with Crippen LogP contribution in [0.1, 0.15) is 44.7 Å². The number of hydroxylamine groups is 1. The second-order valence-corrected chi connectivity index (χ2v) is 10.5. The van der Waals surface area contributed by atoms with Crippen LogP contribution in [0.15, 0.2) is 59.3 Å². The molecule has 46 heavy (non-hydrogen) atoms. The lowest BCUT2D eigenvalue weighted by Crippen LogP contribution is -2.50. The Balaban J connectivity index is 1.78. The predicted molar refractivity (Wildman–Crippen MR) is 138 cm³/mol. The molecule has 246 valence electrons. The highest BCUT2D eigenvalue weighted by atomic mass is 79.9. The Morgan fingerprint density at radius 3 is 2.07 bits per heavy atom. The van der Waals surface area contributed by atoms with Gasteiger partial charge in [0.05, 0.1) is 28.3 Å². The van der Waals surface area contributed by atoms with Crippen molar-refractivity contribution in [3.05, 3.63) is 87.4 Å². The number of nitrogens with zero attached hydrogens (tertiary/aromatic N) is 2. The summed E-state index contributed by atoms with van der Waals surface area (Å²) >= 11 is 2.34. The van der Waals surface area contributed by atoms with E-state index in [9.17, 15) is 58.3 Å². The molecule has 4 rings (SSSR count). The molecule has 1 saturated carbocycles. The standard InChI is InChI=1S/C27H15BrF11N3O4/c28-17-10-14(24(30,26(34,35)36)27(37,38)39)9-16(25(31,32)33)20(17)41-21(43)15-4-1-5-18(19(15)29)42(46-23(45)12-6-7-12)22(44)13-3-2-8-40-11-13/h1-5,8-12H,6-7H2,(H,41,43). The first-order chi connectivity index (χ1) is 21.2. The van der Waals surface area contributed by atoms with Crippen molar-refractivity contribution in [2.75, 3.05) is 10.4 Å². The van der Waals surface area contributed by atoms with Crippen molar-refractivity contribution < 1.29 is 67.5 Å². The first-order valence-electron chi connectivity index (χ1n) is 12.5. The number of hydrogen-bond donors (Lipinski definition) is 1. The molecule has 0 spiro atoms. The van der Waals surface area contributed by atoms with E-state index in [1.165, 1.54) is 18.3 Å². The fourth-order valence-corrected chi connectivity index (χ4v) is 4.53. The molecule has 2 aromatic carbocycles. The van der Waals surface area contributed by atoms with Gasteiger partial charge >= 0.3 is 30.2 Å². The second kappa shape index (κ2) is 12.1. The number of rotatable bonds is 6. The molecule has 1 aliphatic rings. The molecule has 7 nitrogen and oxygen atoms in total. The van der Waals surface area contributed by atoms with Gasteiger partial charge in [-0.25, -0.2) is 13.6 Å². The Morgan fingerprint density at radius 1 is 0.913 bits per heavy atom. The zero-order valence-corrected chi connectivity index (χ0v) is 23.8. The van der Waals surface area contributed by atoms with E-state index >= 15 is 4.39 Å². The summed E-state index contributed by atoms with van der Waals surface area (Å²) in [6.07, 6.45) is -16.2. The van der Waals surface area contributed by atoms with Gasteiger partial charge in [0.1, 0.15) is 5.69 Å². The Kier molecular flexibility index (Phi) is 9.13. The highest BCUT2D eigenvalue weighted by Gasteiger charge is 2.73. The fraction of sp³-hybridized carbons (Fsp3) is 0.259. The summed E-state index contributed by atoms with van der Waals surface area (Å²) in [5.41, 5.74) is -14.8. The van der Waals surface area contributed by atoms with E-state index in [-0.39, 0.29) is 16.7 Å². The topological polar surface area (TPSA) is 88.6 Å². The van der Waals surface area contributed by atoms with Gasteiger partial charge in [0.15, 0.2) is 5.82 Å². The van der Waals surface area contributed by atoms with Crippen molar-refractivity contribution >= 4 is 45.1 Å². The Morgan fingerprint density at radius 2 is 1.54 bits per heavy atom. The summed E-state index contributed by atoms with van der Waals surface area (Å²) in [6.45, 7) is 0.